The molecule has 2 rings (SSSR count). The van der Waals surface area contributed by atoms with Crippen molar-refractivity contribution in [1.29, 1.82) is 0 Å². The minimum atomic E-state index is -2.82. The molecule has 0 saturated heterocycles. The lowest BCUT2D eigenvalue weighted by Crippen LogP contribution is -2.11. The average Bonchev–Trinajstić information content (AvgIpc) is 2.55. The van der Waals surface area contributed by atoms with Crippen LogP contribution in [0.25, 0.3) is 10.9 Å². The van der Waals surface area contributed by atoms with Crippen molar-refractivity contribution < 1.29 is 18.7 Å². The SMILES string of the molecule is O=C(O)n1c(C(F)F)cc2cc(Br)ccc21. The molecule has 1 heterocycles. The molecule has 0 aliphatic carbocycles. The molecule has 2 aromatic rings. The predicted molar refractivity (Wildman–Crippen MR) is 58.0 cm³/mol. The van der Waals surface area contributed by atoms with Gasteiger partial charge >= 0.3 is 6.09 Å². The number of hydrogen-bond donors (Lipinski definition) is 1. The topological polar surface area (TPSA) is 42.2 Å². The van der Waals surface area contributed by atoms with Gasteiger partial charge in [-0.2, -0.15) is 0 Å². The number of rotatable bonds is 1. The monoisotopic (exact) mass is 289 g/mol. The highest BCUT2D eigenvalue weighted by atomic mass is 79.9. The molecule has 0 fully saturated rings. The fourth-order valence-electron chi connectivity index (χ4n) is 1.58. The van der Waals surface area contributed by atoms with Crippen molar-refractivity contribution in [1.82, 2.24) is 4.57 Å². The average molecular weight is 290 g/mol. The van der Waals surface area contributed by atoms with E-state index in [1.165, 1.54) is 12.1 Å². The van der Waals surface area contributed by atoms with Crippen molar-refractivity contribution in [3.8, 4) is 0 Å². The van der Waals surface area contributed by atoms with E-state index in [0.29, 0.717) is 14.4 Å². The number of halogens is 3. The van der Waals surface area contributed by atoms with Crippen LogP contribution in [0.5, 0.6) is 0 Å². The van der Waals surface area contributed by atoms with E-state index in [1.54, 1.807) is 12.1 Å². The molecular formula is C10H6BrF2NO2. The maximum atomic E-state index is 12.6. The lowest BCUT2D eigenvalue weighted by atomic mass is 10.2. The first-order valence-electron chi connectivity index (χ1n) is 4.33. The van der Waals surface area contributed by atoms with E-state index < -0.39 is 18.2 Å². The van der Waals surface area contributed by atoms with Gasteiger partial charge in [-0.3, -0.25) is 0 Å². The van der Waals surface area contributed by atoms with Crippen LogP contribution in [0.1, 0.15) is 12.1 Å². The van der Waals surface area contributed by atoms with Crippen LogP contribution in [-0.2, 0) is 0 Å². The van der Waals surface area contributed by atoms with Gasteiger partial charge in [0.2, 0.25) is 0 Å². The summed E-state index contributed by atoms with van der Waals surface area (Å²) in [5, 5.41) is 9.35. The summed E-state index contributed by atoms with van der Waals surface area (Å²) in [6, 6.07) is 5.87. The standard InChI is InChI=1S/C10H6BrF2NO2/c11-6-1-2-7-5(3-6)4-8(9(12)13)14(7)10(15)16/h1-4,9H,(H,15,16). The van der Waals surface area contributed by atoms with Crippen LogP contribution in [0, 0.1) is 0 Å². The van der Waals surface area contributed by atoms with Gasteiger partial charge in [-0.15, -0.1) is 0 Å². The molecule has 0 spiro atoms. The second-order valence-electron chi connectivity index (χ2n) is 3.19. The third-order valence-corrected chi connectivity index (χ3v) is 2.70. The Hall–Kier alpha value is -1.43. The summed E-state index contributed by atoms with van der Waals surface area (Å²) < 4.78 is 26.6. The van der Waals surface area contributed by atoms with Gasteiger partial charge in [-0.25, -0.2) is 18.1 Å². The fraction of sp³-hybridized carbons (Fsp3) is 0.100. The maximum Gasteiger partial charge on any atom is 0.416 e. The van der Waals surface area contributed by atoms with Gasteiger partial charge < -0.3 is 5.11 Å². The zero-order chi connectivity index (χ0) is 11.9. The number of aromatic nitrogens is 1. The third kappa shape index (κ3) is 1.69. The zero-order valence-electron chi connectivity index (χ0n) is 7.82. The molecule has 1 aromatic heterocycles. The molecule has 84 valence electrons. The molecule has 0 saturated carbocycles. The van der Waals surface area contributed by atoms with Gasteiger partial charge in [0.1, 0.15) is 0 Å². The molecule has 0 radical (unpaired) electrons. The number of nitrogens with zero attached hydrogens (tertiary/aromatic N) is 1. The van der Waals surface area contributed by atoms with E-state index in [4.69, 9.17) is 5.11 Å². The first-order valence-corrected chi connectivity index (χ1v) is 5.12. The number of carbonyl (C=O) groups is 1. The normalized spacial score (nSPS) is 11.2. The van der Waals surface area contributed by atoms with E-state index in [2.05, 4.69) is 15.9 Å². The summed E-state index contributed by atoms with van der Waals surface area (Å²) in [4.78, 5) is 10.9. The first-order chi connectivity index (χ1) is 7.50. The molecule has 0 bridgehead atoms. The second-order valence-corrected chi connectivity index (χ2v) is 4.11. The first kappa shape index (κ1) is 11.1. The van der Waals surface area contributed by atoms with Crippen LogP contribution in [0.2, 0.25) is 0 Å². The van der Waals surface area contributed by atoms with Crippen LogP contribution in [0.15, 0.2) is 28.7 Å². The van der Waals surface area contributed by atoms with Crippen molar-refractivity contribution >= 4 is 32.9 Å². The third-order valence-electron chi connectivity index (χ3n) is 2.21. The van der Waals surface area contributed by atoms with E-state index >= 15 is 0 Å². The van der Waals surface area contributed by atoms with E-state index in [0.717, 1.165) is 0 Å². The highest BCUT2D eigenvalue weighted by Crippen LogP contribution is 2.29. The molecule has 3 nitrogen and oxygen atoms in total. The summed E-state index contributed by atoms with van der Waals surface area (Å²) in [5.41, 5.74) is -0.258. The minimum absolute atomic E-state index is 0.256. The molecule has 0 amide bonds. The smallest absolute Gasteiger partial charge is 0.416 e. The molecule has 1 N–H and O–H groups in total. The largest absolute Gasteiger partial charge is 0.464 e. The highest BCUT2D eigenvalue weighted by molar-refractivity contribution is 9.10. The van der Waals surface area contributed by atoms with Crippen LogP contribution < -0.4 is 0 Å². The zero-order valence-corrected chi connectivity index (χ0v) is 9.41. The Kier molecular flexibility index (Phi) is 2.67. The Bertz CT molecular complexity index is 565. The molecule has 1 aromatic carbocycles. The number of hydrogen-bond acceptors (Lipinski definition) is 1. The van der Waals surface area contributed by atoms with Crippen LogP contribution in [-0.4, -0.2) is 15.8 Å². The summed E-state index contributed by atoms with van der Waals surface area (Å²) in [6.07, 6.45) is -4.23. The Balaban J connectivity index is 2.81. The number of fused-ring (bicyclic) bond motifs is 1. The summed E-state index contributed by atoms with van der Waals surface area (Å²) in [6.45, 7) is 0. The van der Waals surface area contributed by atoms with Gasteiger partial charge in [0.15, 0.2) is 0 Å². The van der Waals surface area contributed by atoms with Gasteiger partial charge in [0, 0.05) is 9.86 Å². The van der Waals surface area contributed by atoms with Crippen LogP contribution >= 0.6 is 15.9 Å². The number of benzene rings is 1. The van der Waals surface area contributed by atoms with Gasteiger partial charge in [0.25, 0.3) is 6.43 Å². The fourth-order valence-corrected chi connectivity index (χ4v) is 1.96. The number of alkyl halides is 2. The molecule has 0 unspecified atom stereocenters. The lowest BCUT2D eigenvalue weighted by molar-refractivity contribution is 0.138. The van der Waals surface area contributed by atoms with Crippen molar-refractivity contribution in [3.05, 3.63) is 34.4 Å². The molecular weight excluding hydrogens is 284 g/mol. The van der Waals surface area contributed by atoms with E-state index in [1.807, 2.05) is 0 Å². The van der Waals surface area contributed by atoms with Crippen LogP contribution in [0.4, 0.5) is 13.6 Å². The molecule has 6 heteroatoms. The Morgan fingerprint density at radius 3 is 2.62 bits per heavy atom. The van der Waals surface area contributed by atoms with E-state index in [9.17, 15) is 13.6 Å². The summed E-state index contributed by atoms with van der Waals surface area (Å²) >= 11 is 3.20. The van der Waals surface area contributed by atoms with Crippen molar-refractivity contribution in [3.63, 3.8) is 0 Å². The molecule has 0 atom stereocenters. The second kappa shape index (κ2) is 3.86. The Morgan fingerprint density at radius 2 is 2.06 bits per heavy atom. The highest BCUT2D eigenvalue weighted by Gasteiger charge is 2.20. The quantitative estimate of drug-likeness (QED) is 0.866. The van der Waals surface area contributed by atoms with E-state index in [-0.39, 0.29) is 5.52 Å². The molecule has 16 heavy (non-hydrogen) atoms. The minimum Gasteiger partial charge on any atom is -0.464 e. The lowest BCUT2D eigenvalue weighted by Gasteiger charge is -2.03. The van der Waals surface area contributed by atoms with Gasteiger partial charge in [0.05, 0.1) is 11.2 Å². The van der Waals surface area contributed by atoms with Gasteiger partial charge in [-0.1, -0.05) is 15.9 Å². The Labute approximate surface area is 97.4 Å². The van der Waals surface area contributed by atoms with Crippen molar-refractivity contribution in [2.45, 2.75) is 6.43 Å². The van der Waals surface area contributed by atoms with Crippen molar-refractivity contribution in [2.24, 2.45) is 0 Å². The molecule has 0 aliphatic heterocycles. The van der Waals surface area contributed by atoms with Crippen molar-refractivity contribution in [2.75, 3.05) is 0 Å². The van der Waals surface area contributed by atoms with Crippen LogP contribution in [0.3, 0.4) is 0 Å². The summed E-state index contributed by atoms with van der Waals surface area (Å²) in [7, 11) is 0. The maximum absolute atomic E-state index is 12.6. The number of carboxylic acid groups (broad SMARTS) is 1. The Morgan fingerprint density at radius 1 is 1.38 bits per heavy atom. The summed E-state index contributed by atoms with van der Waals surface area (Å²) in [5.74, 6) is 0. The van der Waals surface area contributed by atoms with Gasteiger partial charge in [-0.05, 0) is 24.3 Å². The molecule has 0 aliphatic rings. The predicted octanol–water partition coefficient (Wildman–Crippen LogP) is 3.87.